The molecule has 2 heterocycles. The second-order valence-corrected chi connectivity index (χ2v) is 8.05. The molecular weight excluding hydrogens is 406 g/mol. The van der Waals surface area contributed by atoms with Gasteiger partial charge in [0.05, 0.1) is 20.3 Å². The zero-order valence-corrected chi connectivity index (χ0v) is 17.4. The number of ether oxygens (including phenoxy) is 3. The molecule has 2 unspecified atom stereocenters. The van der Waals surface area contributed by atoms with Crippen molar-refractivity contribution in [2.75, 3.05) is 33.4 Å². The SMILES string of the molecule is COc1ccc(F)c(CN2CCOC3(COC(C(=O)NCc4ccc(F)cc4)C3)C2)c1. The molecule has 2 aliphatic heterocycles. The van der Waals surface area contributed by atoms with E-state index in [1.54, 1.807) is 31.4 Å². The second-order valence-electron chi connectivity index (χ2n) is 8.05. The molecule has 1 amide bonds. The number of morpholine rings is 1. The van der Waals surface area contributed by atoms with Crippen molar-refractivity contribution in [3.8, 4) is 5.75 Å². The highest BCUT2D eigenvalue weighted by Gasteiger charge is 2.46. The Morgan fingerprint density at radius 3 is 2.84 bits per heavy atom. The third kappa shape index (κ3) is 5.20. The maximum absolute atomic E-state index is 14.2. The van der Waals surface area contributed by atoms with E-state index in [-0.39, 0.29) is 17.5 Å². The van der Waals surface area contributed by atoms with Crippen LogP contribution in [-0.2, 0) is 27.4 Å². The van der Waals surface area contributed by atoms with E-state index in [0.29, 0.717) is 57.1 Å². The number of hydrogen-bond donors (Lipinski definition) is 1. The fourth-order valence-electron chi connectivity index (χ4n) is 4.09. The van der Waals surface area contributed by atoms with Gasteiger partial charge in [-0.15, -0.1) is 0 Å². The Bertz CT molecular complexity index is 924. The first-order chi connectivity index (χ1) is 15.0. The van der Waals surface area contributed by atoms with Crippen LogP contribution >= 0.6 is 0 Å². The molecule has 166 valence electrons. The van der Waals surface area contributed by atoms with Gasteiger partial charge in [0, 0.05) is 38.2 Å². The van der Waals surface area contributed by atoms with E-state index in [4.69, 9.17) is 14.2 Å². The van der Waals surface area contributed by atoms with Gasteiger partial charge in [-0.1, -0.05) is 12.1 Å². The summed E-state index contributed by atoms with van der Waals surface area (Å²) < 4.78 is 44.2. The van der Waals surface area contributed by atoms with E-state index in [1.807, 2.05) is 0 Å². The lowest BCUT2D eigenvalue weighted by molar-refractivity contribution is -0.130. The molecule has 2 saturated heterocycles. The Balaban J connectivity index is 1.33. The summed E-state index contributed by atoms with van der Waals surface area (Å²) in [4.78, 5) is 14.7. The minimum absolute atomic E-state index is 0.222. The van der Waals surface area contributed by atoms with Crippen molar-refractivity contribution in [2.24, 2.45) is 0 Å². The maximum Gasteiger partial charge on any atom is 0.249 e. The molecule has 6 nitrogen and oxygen atoms in total. The van der Waals surface area contributed by atoms with Crippen molar-refractivity contribution in [2.45, 2.75) is 31.2 Å². The van der Waals surface area contributed by atoms with Gasteiger partial charge < -0.3 is 19.5 Å². The second kappa shape index (κ2) is 9.30. The molecule has 2 aliphatic rings. The first-order valence-corrected chi connectivity index (χ1v) is 10.3. The van der Waals surface area contributed by atoms with Crippen molar-refractivity contribution < 1.29 is 27.8 Å². The average Bonchev–Trinajstić information content (AvgIpc) is 3.18. The number of hydrogen-bond acceptors (Lipinski definition) is 5. The number of rotatable bonds is 6. The molecule has 1 N–H and O–H groups in total. The molecule has 2 aromatic rings. The predicted octanol–water partition coefficient (Wildman–Crippen LogP) is 2.65. The predicted molar refractivity (Wildman–Crippen MR) is 110 cm³/mol. The van der Waals surface area contributed by atoms with E-state index in [0.717, 1.165) is 5.56 Å². The Labute approximate surface area is 180 Å². The van der Waals surface area contributed by atoms with Crippen molar-refractivity contribution in [1.29, 1.82) is 0 Å². The van der Waals surface area contributed by atoms with Gasteiger partial charge in [0.25, 0.3) is 0 Å². The summed E-state index contributed by atoms with van der Waals surface area (Å²) in [6, 6.07) is 10.7. The Hall–Kier alpha value is -2.55. The van der Waals surface area contributed by atoms with Crippen molar-refractivity contribution in [3.63, 3.8) is 0 Å². The largest absolute Gasteiger partial charge is 0.497 e. The van der Waals surface area contributed by atoms with E-state index in [2.05, 4.69) is 10.2 Å². The molecule has 2 fully saturated rings. The van der Waals surface area contributed by atoms with Crippen LogP contribution in [0.2, 0.25) is 0 Å². The molecule has 31 heavy (non-hydrogen) atoms. The van der Waals surface area contributed by atoms with Crippen molar-refractivity contribution in [1.82, 2.24) is 10.2 Å². The molecule has 0 bridgehead atoms. The van der Waals surface area contributed by atoms with Crippen LogP contribution in [0.1, 0.15) is 17.5 Å². The summed E-state index contributed by atoms with van der Waals surface area (Å²) in [7, 11) is 1.55. The minimum atomic E-state index is -0.617. The zero-order chi connectivity index (χ0) is 21.8. The van der Waals surface area contributed by atoms with Gasteiger partial charge in [0.15, 0.2) is 0 Å². The van der Waals surface area contributed by atoms with Crippen LogP contribution in [0, 0.1) is 11.6 Å². The van der Waals surface area contributed by atoms with Gasteiger partial charge in [0.2, 0.25) is 5.91 Å². The van der Waals surface area contributed by atoms with E-state index in [1.165, 1.54) is 18.2 Å². The summed E-state index contributed by atoms with van der Waals surface area (Å²) in [5, 5.41) is 2.83. The third-order valence-electron chi connectivity index (χ3n) is 5.75. The smallest absolute Gasteiger partial charge is 0.249 e. The van der Waals surface area contributed by atoms with Crippen molar-refractivity contribution in [3.05, 3.63) is 65.2 Å². The quantitative estimate of drug-likeness (QED) is 0.761. The lowest BCUT2D eigenvalue weighted by atomic mass is 9.97. The summed E-state index contributed by atoms with van der Waals surface area (Å²) in [5.74, 6) is -0.201. The minimum Gasteiger partial charge on any atom is -0.497 e. The lowest BCUT2D eigenvalue weighted by Crippen LogP contribution is -2.52. The number of amides is 1. The Kier molecular flexibility index (Phi) is 6.50. The molecule has 0 radical (unpaired) electrons. The molecule has 2 aromatic carbocycles. The summed E-state index contributed by atoms with van der Waals surface area (Å²) in [5.41, 5.74) is 0.776. The number of halogens is 2. The van der Waals surface area contributed by atoms with Crippen LogP contribution in [0.15, 0.2) is 42.5 Å². The van der Waals surface area contributed by atoms with Gasteiger partial charge in [-0.3, -0.25) is 9.69 Å². The summed E-state index contributed by atoms with van der Waals surface area (Å²) in [6.45, 7) is 2.73. The van der Waals surface area contributed by atoms with Crippen LogP contribution in [0.25, 0.3) is 0 Å². The standard InChI is InChI=1S/C23H26F2N2O4/c1-29-19-6-7-20(25)17(10-19)13-27-8-9-31-23(14-27)11-21(30-15-23)22(28)26-12-16-2-4-18(24)5-3-16/h2-7,10,21H,8-9,11-15H2,1H3,(H,26,28). The van der Waals surface area contributed by atoms with Crippen LogP contribution in [0.5, 0.6) is 5.75 Å². The highest BCUT2D eigenvalue weighted by molar-refractivity contribution is 5.81. The van der Waals surface area contributed by atoms with Gasteiger partial charge in [-0.25, -0.2) is 8.78 Å². The summed E-state index contributed by atoms with van der Waals surface area (Å²) in [6.07, 6.45) is -0.187. The van der Waals surface area contributed by atoms with Gasteiger partial charge >= 0.3 is 0 Å². The molecule has 2 atom stereocenters. The van der Waals surface area contributed by atoms with Gasteiger partial charge in [-0.05, 0) is 35.9 Å². The van der Waals surface area contributed by atoms with Gasteiger partial charge in [0.1, 0.15) is 29.1 Å². The molecule has 4 rings (SSSR count). The van der Waals surface area contributed by atoms with Crippen LogP contribution in [0.4, 0.5) is 8.78 Å². The number of carbonyl (C=O) groups excluding carboxylic acids is 1. The third-order valence-corrected chi connectivity index (χ3v) is 5.75. The highest BCUT2D eigenvalue weighted by Crippen LogP contribution is 2.32. The maximum atomic E-state index is 14.2. The molecule has 8 heteroatoms. The number of benzene rings is 2. The van der Waals surface area contributed by atoms with Gasteiger partial charge in [-0.2, -0.15) is 0 Å². The topological polar surface area (TPSA) is 60.0 Å². The number of carbonyl (C=O) groups is 1. The first-order valence-electron chi connectivity index (χ1n) is 10.3. The fraction of sp³-hybridized carbons (Fsp3) is 0.435. The number of nitrogens with one attached hydrogen (secondary N) is 1. The Morgan fingerprint density at radius 1 is 1.26 bits per heavy atom. The van der Waals surface area contributed by atoms with E-state index in [9.17, 15) is 13.6 Å². The van der Waals surface area contributed by atoms with Crippen LogP contribution in [-0.4, -0.2) is 55.9 Å². The number of nitrogens with zero attached hydrogens (tertiary/aromatic N) is 1. The molecule has 0 saturated carbocycles. The average molecular weight is 432 g/mol. The van der Waals surface area contributed by atoms with Crippen LogP contribution in [0.3, 0.4) is 0 Å². The molecule has 0 aromatic heterocycles. The van der Waals surface area contributed by atoms with E-state index < -0.39 is 11.7 Å². The Morgan fingerprint density at radius 2 is 2.06 bits per heavy atom. The number of methoxy groups -OCH3 is 1. The highest BCUT2D eigenvalue weighted by atomic mass is 19.1. The molecule has 1 spiro atoms. The fourth-order valence-corrected chi connectivity index (χ4v) is 4.09. The monoisotopic (exact) mass is 432 g/mol. The lowest BCUT2D eigenvalue weighted by Gasteiger charge is -2.39. The summed E-state index contributed by atoms with van der Waals surface area (Å²) >= 11 is 0. The molecular formula is C23H26F2N2O4. The van der Waals surface area contributed by atoms with Crippen LogP contribution < -0.4 is 10.1 Å². The first kappa shape index (κ1) is 21.7. The van der Waals surface area contributed by atoms with E-state index >= 15 is 0 Å². The molecule has 0 aliphatic carbocycles. The zero-order valence-electron chi connectivity index (χ0n) is 17.4. The van der Waals surface area contributed by atoms with Crippen molar-refractivity contribution >= 4 is 5.91 Å². The normalized spacial score (nSPS) is 23.8.